The fourth-order valence-electron chi connectivity index (χ4n) is 1.77. The molecule has 6 nitrogen and oxygen atoms in total. The largest absolute Gasteiger partial charge is 0.475 e. The van der Waals surface area contributed by atoms with Gasteiger partial charge in [0.2, 0.25) is 15.9 Å². The predicted molar refractivity (Wildman–Crippen MR) is 69.6 cm³/mol. The minimum absolute atomic E-state index is 0.00852. The Bertz CT molecular complexity index is 507. The monoisotopic (exact) mass is 286 g/mol. The average Bonchev–Trinajstić information content (AvgIpc) is 2.40. The summed E-state index contributed by atoms with van der Waals surface area (Å²) in [6.45, 7) is 5.40. The van der Waals surface area contributed by atoms with E-state index in [1.165, 1.54) is 16.6 Å². The van der Waals surface area contributed by atoms with Crippen LogP contribution in [0.4, 0.5) is 0 Å². The van der Waals surface area contributed by atoms with Crippen molar-refractivity contribution in [3.05, 3.63) is 18.3 Å². The van der Waals surface area contributed by atoms with Gasteiger partial charge in [-0.25, -0.2) is 13.4 Å². The number of morpholine rings is 1. The zero-order valence-electron chi connectivity index (χ0n) is 11.1. The normalized spacial score (nSPS) is 17.6. The fraction of sp³-hybridized carbons (Fsp3) is 0.583. The van der Waals surface area contributed by atoms with E-state index >= 15 is 0 Å². The molecule has 1 aromatic heterocycles. The zero-order valence-corrected chi connectivity index (χ0v) is 11.9. The van der Waals surface area contributed by atoms with E-state index in [0.29, 0.717) is 32.2 Å². The third-order valence-corrected chi connectivity index (χ3v) is 4.56. The number of aromatic nitrogens is 1. The Balaban J connectivity index is 2.16. The minimum Gasteiger partial charge on any atom is -0.475 e. The molecule has 1 saturated heterocycles. The van der Waals surface area contributed by atoms with Crippen LogP contribution in [0.25, 0.3) is 0 Å². The lowest BCUT2D eigenvalue weighted by Gasteiger charge is -2.25. The highest BCUT2D eigenvalue weighted by atomic mass is 32.2. The molecule has 106 valence electrons. The maximum atomic E-state index is 12.3. The van der Waals surface area contributed by atoms with Gasteiger partial charge in [0.1, 0.15) is 4.90 Å². The molecule has 0 aromatic carbocycles. The van der Waals surface area contributed by atoms with E-state index in [1.807, 2.05) is 13.8 Å². The molecular weight excluding hydrogens is 268 g/mol. The van der Waals surface area contributed by atoms with Gasteiger partial charge < -0.3 is 9.47 Å². The standard InChI is InChI=1S/C12H18N2O4S/c1-10(2)18-12-4-3-11(9-13-12)19(15,16)14-5-7-17-8-6-14/h3-4,9-10H,5-8H2,1-2H3. The molecule has 19 heavy (non-hydrogen) atoms. The van der Waals surface area contributed by atoms with Crippen LogP contribution >= 0.6 is 0 Å². The molecule has 0 aliphatic carbocycles. The second-order valence-corrected chi connectivity index (χ2v) is 6.45. The van der Waals surface area contributed by atoms with Gasteiger partial charge >= 0.3 is 0 Å². The summed E-state index contributed by atoms with van der Waals surface area (Å²) in [5.74, 6) is 0.427. The lowest BCUT2D eigenvalue weighted by Crippen LogP contribution is -2.40. The molecule has 2 rings (SSSR count). The quantitative estimate of drug-likeness (QED) is 0.822. The Kier molecular flexibility index (Phi) is 4.38. The smallest absolute Gasteiger partial charge is 0.244 e. The van der Waals surface area contributed by atoms with E-state index in [1.54, 1.807) is 6.07 Å². The fourth-order valence-corrected chi connectivity index (χ4v) is 3.12. The van der Waals surface area contributed by atoms with Crippen LogP contribution < -0.4 is 4.74 Å². The maximum absolute atomic E-state index is 12.3. The van der Waals surface area contributed by atoms with E-state index in [4.69, 9.17) is 9.47 Å². The number of rotatable bonds is 4. The first-order valence-electron chi connectivity index (χ1n) is 6.21. The number of pyridine rings is 1. The summed E-state index contributed by atoms with van der Waals surface area (Å²) in [6.07, 6.45) is 1.34. The van der Waals surface area contributed by atoms with Crippen LogP contribution in [0.1, 0.15) is 13.8 Å². The number of ether oxygens (including phenoxy) is 2. The summed E-state index contributed by atoms with van der Waals surface area (Å²) in [5.41, 5.74) is 0. The van der Waals surface area contributed by atoms with Gasteiger partial charge in [-0.1, -0.05) is 0 Å². The highest BCUT2D eigenvalue weighted by molar-refractivity contribution is 7.89. The van der Waals surface area contributed by atoms with E-state index in [-0.39, 0.29) is 11.0 Å². The first-order valence-corrected chi connectivity index (χ1v) is 7.65. The van der Waals surface area contributed by atoms with Crippen LogP contribution in [0.15, 0.2) is 23.2 Å². The molecule has 0 N–H and O–H groups in total. The molecule has 0 amide bonds. The van der Waals surface area contributed by atoms with Gasteiger partial charge in [0.25, 0.3) is 0 Å². The highest BCUT2D eigenvalue weighted by Gasteiger charge is 2.26. The molecule has 7 heteroatoms. The van der Waals surface area contributed by atoms with Crippen LogP contribution in [0.5, 0.6) is 5.88 Å². The average molecular weight is 286 g/mol. The van der Waals surface area contributed by atoms with Gasteiger partial charge in [0.15, 0.2) is 0 Å². The van der Waals surface area contributed by atoms with Crippen molar-refractivity contribution >= 4 is 10.0 Å². The summed E-state index contributed by atoms with van der Waals surface area (Å²) in [6, 6.07) is 3.10. The van der Waals surface area contributed by atoms with Gasteiger partial charge in [0.05, 0.1) is 25.5 Å². The third kappa shape index (κ3) is 3.43. The number of hydrogen-bond donors (Lipinski definition) is 0. The van der Waals surface area contributed by atoms with Crippen LogP contribution in [-0.2, 0) is 14.8 Å². The topological polar surface area (TPSA) is 68.7 Å². The SMILES string of the molecule is CC(C)Oc1ccc(S(=O)(=O)N2CCOCC2)cn1. The Labute approximate surface area is 113 Å². The summed E-state index contributed by atoms with van der Waals surface area (Å²) >= 11 is 0. The van der Waals surface area contributed by atoms with E-state index in [0.717, 1.165) is 0 Å². The summed E-state index contributed by atoms with van der Waals surface area (Å²) < 4.78 is 36.6. The number of sulfonamides is 1. The van der Waals surface area contributed by atoms with Crippen molar-refractivity contribution < 1.29 is 17.9 Å². The first kappa shape index (κ1) is 14.2. The summed E-state index contributed by atoms with van der Waals surface area (Å²) in [7, 11) is -3.47. The van der Waals surface area contributed by atoms with Crippen LogP contribution in [0.3, 0.4) is 0 Å². The molecule has 0 spiro atoms. The van der Waals surface area contributed by atoms with Gasteiger partial charge in [-0.2, -0.15) is 4.31 Å². The predicted octanol–water partition coefficient (Wildman–Crippen LogP) is 0.890. The Morgan fingerprint density at radius 3 is 2.53 bits per heavy atom. The minimum atomic E-state index is -3.47. The lowest BCUT2D eigenvalue weighted by atomic mass is 10.4. The Morgan fingerprint density at radius 1 is 1.32 bits per heavy atom. The molecule has 0 saturated carbocycles. The summed E-state index contributed by atoms with van der Waals surface area (Å²) in [5, 5.41) is 0. The lowest BCUT2D eigenvalue weighted by molar-refractivity contribution is 0.0730. The van der Waals surface area contributed by atoms with Crippen molar-refractivity contribution in [1.82, 2.24) is 9.29 Å². The van der Waals surface area contributed by atoms with Gasteiger partial charge in [-0.3, -0.25) is 0 Å². The number of hydrogen-bond acceptors (Lipinski definition) is 5. The summed E-state index contributed by atoms with van der Waals surface area (Å²) in [4.78, 5) is 4.21. The second-order valence-electron chi connectivity index (χ2n) is 4.52. The zero-order chi connectivity index (χ0) is 13.9. The van der Waals surface area contributed by atoms with Crippen molar-refractivity contribution in [2.75, 3.05) is 26.3 Å². The maximum Gasteiger partial charge on any atom is 0.244 e. The Hall–Kier alpha value is -1.18. The van der Waals surface area contributed by atoms with Crippen molar-refractivity contribution in [1.29, 1.82) is 0 Å². The van der Waals surface area contributed by atoms with Crippen molar-refractivity contribution in [2.45, 2.75) is 24.8 Å². The number of nitrogens with zero attached hydrogens (tertiary/aromatic N) is 2. The van der Waals surface area contributed by atoms with E-state index in [2.05, 4.69) is 4.98 Å². The molecular formula is C12H18N2O4S. The molecule has 0 unspecified atom stereocenters. The molecule has 2 heterocycles. The van der Waals surface area contributed by atoms with Crippen LogP contribution in [0, 0.1) is 0 Å². The first-order chi connectivity index (χ1) is 9.00. The van der Waals surface area contributed by atoms with Crippen molar-refractivity contribution in [2.24, 2.45) is 0 Å². The van der Waals surface area contributed by atoms with E-state index < -0.39 is 10.0 Å². The molecule has 0 radical (unpaired) electrons. The van der Waals surface area contributed by atoms with Crippen LogP contribution in [-0.4, -0.2) is 50.1 Å². The van der Waals surface area contributed by atoms with E-state index in [9.17, 15) is 8.42 Å². The Morgan fingerprint density at radius 2 is 2.00 bits per heavy atom. The molecule has 1 aliphatic heterocycles. The van der Waals surface area contributed by atoms with Gasteiger partial charge in [-0.05, 0) is 19.9 Å². The molecule has 0 bridgehead atoms. The van der Waals surface area contributed by atoms with Crippen molar-refractivity contribution in [3.63, 3.8) is 0 Å². The highest BCUT2D eigenvalue weighted by Crippen LogP contribution is 2.18. The molecule has 1 aromatic rings. The van der Waals surface area contributed by atoms with Crippen molar-refractivity contribution in [3.8, 4) is 5.88 Å². The molecule has 1 aliphatic rings. The van der Waals surface area contributed by atoms with Gasteiger partial charge in [0, 0.05) is 19.2 Å². The van der Waals surface area contributed by atoms with Gasteiger partial charge in [-0.15, -0.1) is 0 Å². The molecule has 0 atom stereocenters. The third-order valence-electron chi connectivity index (χ3n) is 2.67. The molecule has 1 fully saturated rings. The second kappa shape index (κ2) is 5.85. The van der Waals surface area contributed by atoms with Crippen LogP contribution in [0.2, 0.25) is 0 Å².